The zero-order valence-corrected chi connectivity index (χ0v) is 11.3. The van der Waals surface area contributed by atoms with Crippen molar-refractivity contribution in [1.29, 1.82) is 0 Å². The van der Waals surface area contributed by atoms with Crippen LogP contribution < -0.4 is 10.1 Å². The molecule has 0 amide bonds. The Labute approximate surface area is 123 Å². The molecule has 0 atom stereocenters. The first-order chi connectivity index (χ1) is 9.85. The van der Waals surface area contributed by atoms with E-state index in [-0.39, 0.29) is 23.5 Å². The predicted molar refractivity (Wildman–Crippen MR) is 71.9 cm³/mol. The Morgan fingerprint density at radius 2 is 1.81 bits per heavy atom. The molecule has 0 aromatic heterocycles. The van der Waals surface area contributed by atoms with E-state index in [0.717, 1.165) is 0 Å². The second kappa shape index (κ2) is 6.22. The van der Waals surface area contributed by atoms with Crippen LogP contribution in [0.5, 0.6) is 5.75 Å². The quantitative estimate of drug-likeness (QED) is 0.802. The Hall–Kier alpha value is -1.95. The molecule has 2 nitrogen and oxygen atoms in total. The Kier molecular flexibility index (Phi) is 4.57. The molecule has 0 aliphatic rings. The van der Waals surface area contributed by atoms with E-state index in [1.54, 1.807) is 6.07 Å². The number of anilines is 1. The van der Waals surface area contributed by atoms with Gasteiger partial charge in [-0.2, -0.15) is 0 Å². The van der Waals surface area contributed by atoms with Crippen molar-refractivity contribution < 1.29 is 22.3 Å². The monoisotopic (exact) mass is 319 g/mol. The van der Waals surface area contributed by atoms with Crippen LogP contribution in [0.15, 0.2) is 42.5 Å². The van der Waals surface area contributed by atoms with E-state index in [0.29, 0.717) is 5.02 Å². The Morgan fingerprint density at radius 1 is 1.10 bits per heavy atom. The first kappa shape index (κ1) is 15.4. The number of hydrogen-bond donors (Lipinski definition) is 1. The summed E-state index contributed by atoms with van der Waals surface area (Å²) in [4.78, 5) is 0. The molecule has 0 fully saturated rings. The number of benzene rings is 2. The molecule has 0 aliphatic carbocycles. The highest BCUT2D eigenvalue weighted by atomic mass is 35.5. The number of nitrogens with one attached hydrogen (secondary N) is 1. The van der Waals surface area contributed by atoms with Crippen LogP contribution in [0.4, 0.5) is 23.2 Å². The molecule has 0 saturated heterocycles. The zero-order chi connectivity index (χ0) is 15.5. The van der Waals surface area contributed by atoms with E-state index >= 15 is 0 Å². The molecule has 7 heteroatoms. The van der Waals surface area contributed by atoms with Gasteiger partial charge in [0.1, 0.15) is 11.6 Å². The fraction of sp³-hybridized carbons (Fsp3) is 0.143. The topological polar surface area (TPSA) is 21.3 Å². The van der Waals surface area contributed by atoms with E-state index in [2.05, 4.69) is 10.1 Å². The highest BCUT2D eigenvalue weighted by Crippen LogP contribution is 2.27. The first-order valence-electron chi connectivity index (χ1n) is 5.88. The van der Waals surface area contributed by atoms with E-state index in [1.165, 1.54) is 36.4 Å². The molecule has 0 aliphatic heterocycles. The van der Waals surface area contributed by atoms with E-state index in [1.807, 2.05) is 0 Å². The average molecular weight is 320 g/mol. The molecule has 0 bridgehead atoms. The molecule has 2 aromatic carbocycles. The number of alkyl halides is 3. The summed E-state index contributed by atoms with van der Waals surface area (Å²) >= 11 is 5.74. The summed E-state index contributed by atoms with van der Waals surface area (Å²) < 4.78 is 54.3. The molecule has 0 spiro atoms. The molecular weight excluding hydrogens is 310 g/mol. The van der Waals surface area contributed by atoms with Gasteiger partial charge in [0.15, 0.2) is 0 Å². The maximum Gasteiger partial charge on any atom is 0.573 e. The van der Waals surface area contributed by atoms with Crippen LogP contribution in [0, 0.1) is 5.82 Å². The van der Waals surface area contributed by atoms with Gasteiger partial charge in [0.05, 0.1) is 5.69 Å². The number of para-hydroxylation sites is 1. The molecule has 112 valence electrons. The maximum absolute atomic E-state index is 13.5. The lowest BCUT2D eigenvalue weighted by molar-refractivity contribution is -0.274. The number of rotatable bonds is 4. The van der Waals surface area contributed by atoms with Crippen LogP contribution in [0.25, 0.3) is 0 Å². The fourth-order valence-corrected chi connectivity index (χ4v) is 1.87. The van der Waals surface area contributed by atoms with Crippen molar-refractivity contribution in [3.63, 3.8) is 0 Å². The van der Waals surface area contributed by atoms with Crippen LogP contribution in [-0.2, 0) is 6.54 Å². The third-order valence-corrected chi connectivity index (χ3v) is 2.83. The minimum Gasteiger partial charge on any atom is -0.405 e. The summed E-state index contributed by atoms with van der Waals surface area (Å²) in [5.41, 5.74) is 0.346. The van der Waals surface area contributed by atoms with Gasteiger partial charge in [0.2, 0.25) is 0 Å². The van der Waals surface area contributed by atoms with Gasteiger partial charge in [-0.25, -0.2) is 4.39 Å². The molecule has 0 radical (unpaired) electrons. The van der Waals surface area contributed by atoms with Crippen molar-refractivity contribution in [3.05, 3.63) is 58.9 Å². The predicted octanol–water partition coefficient (Wildman–Crippen LogP) is 4.99. The van der Waals surface area contributed by atoms with Crippen LogP contribution in [-0.4, -0.2) is 6.36 Å². The Bertz CT molecular complexity index is 631. The second-order valence-corrected chi connectivity index (χ2v) is 4.57. The minimum absolute atomic E-state index is 0.0382. The van der Waals surface area contributed by atoms with E-state index < -0.39 is 12.2 Å². The van der Waals surface area contributed by atoms with Crippen molar-refractivity contribution in [1.82, 2.24) is 0 Å². The molecular formula is C14H10ClF4NO. The first-order valence-corrected chi connectivity index (χ1v) is 6.25. The van der Waals surface area contributed by atoms with Gasteiger partial charge in [0, 0.05) is 17.1 Å². The summed E-state index contributed by atoms with van der Waals surface area (Å²) in [5.74, 6) is -0.881. The summed E-state index contributed by atoms with van der Waals surface area (Å²) in [5, 5.41) is 3.01. The largest absolute Gasteiger partial charge is 0.573 e. The van der Waals surface area contributed by atoms with Gasteiger partial charge < -0.3 is 10.1 Å². The summed E-state index contributed by atoms with van der Waals surface area (Å²) in [7, 11) is 0. The van der Waals surface area contributed by atoms with Gasteiger partial charge in [-0.1, -0.05) is 29.8 Å². The highest BCUT2D eigenvalue weighted by Gasteiger charge is 2.31. The van der Waals surface area contributed by atoms with Crippen molar-refractivity contribution in [2.75, 3.05) is 5.32 Å². The SMILES string of the molecule is Fc1ccc(Cl)cc1NCc1ccccc1OC(F)(F)F. The van der Waals surface area contributed by atoms with Crippen molar-refractivity contribution in [2.24, 2.45) is 0 Å². The molecule has 0 saturated carbocycles. The summed E-state index contributed by atoms with van der Waals surface area (Å²) in [6, 6.07) is 9.53. The Morgan fingerprint density at radius 3 is 2.52 bits per heavy atom. The van der Waals surface area contributed by atoms with Crippen molar-refractivity contribution in [3.8, 4) is 5.75 Å². The molecule has 1 N–H and O–H groups in total. The lowest BCUT2D eigenvalue weighted by Crippen LogP contribution is -2.18. The normalized spacial score (nSPS) is 11.3. The number of ether oxygens (including phenoxy) is 1. The van der Waals surface area contributed by atoms with E-state index in [4.69, 9.17) is 11.6 Å². The van der Waals surface area contributed by atoms with E-state index in [9.17, 15) is 17.6 Å². The third kappa shape index (κ3) is 4.53. The minimum atomic E-state index is -4.78. The zero-order valence-electron chi connectivity index (χ0n) is 10.5. The van der Waals surface area contributed by atoms with Gasteiger partial charge in [-0.15, -0.1) is 13.2 Å². The number of halogens is 5. The van der Waals surface area contributed by atoms with Gasteiger partial charge in [-0.3, -0.25) is 0 Å². The summed E-state index contributed by atoms with van der Waals surface area (Å²) in [6.45, 7) is -0.0382. The van der Waals surface area contributed by atoms with Crippen molar-refractivity contribution in [2.45, 2.75) is 12.9 Å². The van der Waals surface area contributed by atoms with Gasteiger partial charge >= 0.3 is 6.36 Å². The third-order valence-electron chi connectivity index (χ3n) is 2.60. The van der Waals surface area contributed by atoms with Gasteiger partial charge in [0.25, 0.3) is 0 Å². The molecule has 2 aromatic rings. The van der Waals surface area contributed by atoms with Crippen LogP contribution in [0.2, 0.25) is 5.02 Å². The van der Waals surface area contributed by atoms with Crippen LogP contribution in [0.3, 0.4) is 0 Å². The van der Waals surface area contributed by atoms with Crippen molar-refractivity contribution >= 4 is 17.3 Å². The second-order valence-electron chi connectivity index (χ2n) is 4.13. The molecule has 21 heavy (non-hydrogen) atoms. The highest BCUT2D eigenvalue weighted by molar-refractivity contribution is 6.30. The van der Waals surface area contributed by atoms with Gasteiger partial charge in [-0.05, 0) is 24.3 Å². The fourth-order valence-electron chi connectivity index (χ4n) is 1.70. The smallest absolute Gasteiger partial charge is 0.405 e. The lowest BCUT2D eigenvalue weighted by atomic mass is 10.2. The maximum atomic E-state index is 13.5. The van der Waals surface area contributed by atoms with Crippen LogP contribution >= 0.6 is 11.6 Å². The molecule has 0 unspecified atom stereocenters. The molecule has 2 rings (SSSR count). The standard InChI is InChI=1S/C14H10ClF4NO/c15-10-5-6-11(16)12(7-10)20-8-9-3-1-2-4-13(9)21-14(17,18)19/h1-7,20H,8H2. The average Bonchev–Trinajstić information content (AvgIpc) is 2.39. The summed E-state index contributed by atoms with van der Waals surface area (Å²) in [6.07, 6.45) is -4.78. The Balaban J connectivity index is 2.15. The molecule has 0 heterocycles. The lowest BCUT2D eigenvalue weighted by Gasteiger charge is -2.14. The number of hydrogen-bond acceptors (Lipinski definition) is 2. The van der Waals surface area contributed by atoms with Crippen LogP contribution in [0.1, 0.15) is 5.56 Å².